The molecule has 0 fully saturated rings. The zero-order valence-corrected chi connectivity index (χ0v) is 16.1. The third kappa shape index (κ3) is 4.39. The van der Waals surface area contributed by atoms with E-state index in [2.05, 4.69) is 5.32 Å². The molecule has 6 nitrogen and oxygen atoms in total. The highest BCUT2D eigenvalue weighted by molar-refractivity contribution is 7.80. The SMILES string of the molecule is COc1c(C(=O)NCCOc2ccc(C(=S)NO)cc2)ccc2ccccc12. The van der Waals surface area contributed by atoms with Crippen molar-refractivity contribution in [2.24, 2.45) is 0 Å². The fourth-order valence-corrected chi connectivity index (χ4v) is 2.97. The third-order valence-electron chi connectivity index (χ3n) is 4.20. The van der Waals surface area contributed by atoms with Gasteiger partial charge in [-0.3, -0.25) is 15.5 Å². The highest BCUT2D eigenvalue weighted by Gasteiger charge is 2.14. The Balaban J connectivity index is 1.57. The number of hydroxylamine groups is 1. The van der Waals surface area contributed by atoms with Gasteiger partial charge in [-0.15, -0.1) is 0 Å². The van der Waals surface area contributed by atoms with E-state index in [-0.39, 0.29) is 10.9 Å². The van der Waals surface area contributed by atoms with Gasteiger partial charge in [0.15, 0.2) is 0 Å². The lowest BCUT2D eigenvalue weighted by Gasteiger charge is -2.12. The maximum atomic E-state index is 12.5. The number of hydrogen-bond donors (Lipinski definition) is 3. The van der Waals surface area contributed by atoms with Crippen LogP contribution in [0.5, 0.6) is 11.5 Å². The van der Waals surface area contributed by atoms with Crippen LogP contribution in [-0.2, 0) is 0 Å². The summed E-state index contributed by atoms with van der Waals surface area (Å²) in [5.41, 5.74) is 3.10. The molecule has 3 aromatic carbocycles. The first-order valence-electron chi connectivity index (χ1n) is 8.65. The first kappa shape index (κ1) is 19.6. The molecule has 0 radical (unpaired) electrons. The molecule has 144 valence electrons. The lowest BCUT2D eigenvalue weighted by atomic mass is 10.0. The van der Waals surface area contributed by atoms with Gasteiger partial charge in [0.05, 0.1) is 19.2 Å². The van der Waals surface area contributed by atoms with Gasteiger partial charge in [-0.1, -0.05) is 42.5 Å². The van der Waals surface area contributed by atoms with Crippen LogP contribution in [0.4, 0.5) is 0 Å². The Kier molecular flexibility index (Phi) is 6.41. The van der Waals surface area contributed by atoms with E-state index in [1.165, 1.54) is 0 Å². The van der Waals surface area contributed by atoms with E-state index in [4.69, 9.17) is 26.9 Å². The molecule has 0 bridgehead atoms. The molecule has 0 saturated heterocycles. The molecule has 0 saturated carbocycles. The van der Waals surface area contributed by atoms with Crippen LogP contribution in [0.15, 0.2) is 60.7 Å². The highest BCUT2D eigenvalue weighted by atomic mass is 32.1. The molecular formula is C21H20N2O4S. The zero-order valence-electron chi connectivity index (χ0n) is 15.3. The summed E-state index contributed by atoms with van der Waals surface area (Å²) < 4.78 is 11.1. The average Bonchev–Trinajstić information content (AvgIpc) is 2.75. The first-order chi connectivity index (χ1) is 13.6. The second-order valence-electron chi connectivity index (χ2n) is 5.94. The first-order valence-corrected chi connectivity index (χ1v) is 9.06. The molecule has 28 heavy (non-hydrogen) atoms. The van der Waals surface area contributed by atoms with Crippen molar-refractivity contribution in [1.29, 1.82) is 0 Å². The van der Waals surface area contributed by atoms with Gasteiger partial charge in [0, 0.05) is 10.9 Å². The van der Waals surface area contributed by atoms with E-state index in [1.807, 2.05) is 35.8 Å². The number of amides is 1. The normalized spacial score (nSPS) is 10.4. The molecule has 3 aromatic rings. The Morgan fingerprint density at radius 1 is 1.07 bits per heavy atom. The Morgan fingerprint density at radius 3 is 2.54 bits per heavy atom. The number of carbonyl (C=O) groups is 1. The van der Waals surface area contributed by atoms with Crippen LogP contribution in [0.1, 0.15) is 15.9 Å². The topological polar surface area (TPSA) is 79.8 Å². The van der Waals surface area contributed by atoms with E-state index >= 15 is 0 Å². The number of thiocarbonyl (C=S) groups is 1. The maximum Gasteiger partial charge on any atom is 0.255 e. The van der Waals surface area contributed by atoms with Gasteiger partial charge >= 0.3 is 0 Å². The highest BCUT2D eigenvalue weighted by Crippen LogP contribution is 2.29. The summed E-state index contributed by atoms with van der Waals surface area (Å²) in [5, 5.41) is 13.5. The molecule has 3 rings (SSSR count). The Hall–Kier alpha value is -3.16. The molecule has 0 spiro atoms. The quantitative estimate of drug-likeness (QED) is 0.323. The van der Waals surface area contributed by atoms with E-state index in [1.54, 1.807) is 37.4 Å². The molecule has 0 heterocycles. The Bertz CT molecular complexity index is 989. The predicted octanol–water partition coefficient (Wildman–Crippen LogP) is 3.31. The molecule has 0 aromatic heterocycles. The van der Waals surface area contributed by atoms with E-state index in [0.717, 1.165) is 10.8 Å². The number of benzene rings is 3. The van der Waals surface area contributed by atoms with Crippen LogP contribution in [0.3, 0.4) is 0 Å². The number of nitrogens with one attached hydrogen (secondary N) is 2. The molecule has 0 unspecified atom stereocenters. The van der Waals surface area contributed by atoms with Crippen molar-refractivity contribution in [3.05, 3.63) is 71.8 Å². The molecule has 1 amide bonds. The number of rotatable bonds is 7. The molecular weight excluding hydrogens is 376 g/mol. The van der Waals surface area contributed by atoms with Crippen molar-refractivity contribution in [2.75, 3.05) is 20.3 Å². The number of hydrogen-bond acceptors (Lipinski definition) is 5. The van der Waals surface area contributed by atoms with Gasteiger partial charge in [-0.25, -0.2) is 0 Å². The van der Waals surface area contributed by atoms with Gasteiger partial charge < -0.3 is 14.8 Å². The van der Waals surface area contributed by atoms with Crippen LogP contribution in [0, 0.1) is 0 Å². The number of fused-ring (bicyclic) bond motifs is 1. The molecule has 0 aliphatic rings. The smallest absolute Gasteiger partial charge is 0.255 e. The van der Waals surface area contributed by atoms with Gasteiger partial charge in [0.1, 0.15) is 23.1 Å². The lowest BCUT2D eigenvalue weighted by Crippen LogP contribution is -2.28. The van der Waals surface area contributed by atoms with Gasteiger partial charge in [0.2, 0.25) is 0 Å². The molecule has 0 aliphatic carbocycles. The summed E-state index contributed by atoms with van der Waals surface area (Å²) in [4.78, 5) is 12.8. The minimum Gasteiger partial charge on any atom is -0.495 e. The van der Waals surface area contributed by atoms with Crippen molar-refractivity contribution < 1.29 is 19.5 Å². The summed E-state index contributed by atoms with van der Waals surface area (Å²) in [6.07, 6.45) is 0. The van der Waals surface area contributed by atoms with Crippen molar-refractivity contribution in [3.8, 4) is 11.5 Å². The third-order valence-corrected chi connectivity index (χ3v) is 4.53. The molecule has 3 N–H and O–H groups in total. The zero-order chi connectivity index (χ0) is 19.9. The fraction of sp³-hybridized carbons (Fsp3) is 0.143. The fourth-order valence-electron chi connectivity index (χ4n) is 2.84. The summed E-state index contributed by atoms with van der Waals surface area (Å²) in [7, 11) is 1.56. The molecule has 0 aliphatic heterocycles. The summed E-state index contributed by atoms with van der Waals surface area (Å²) in [6.45, 7) is 0.650. The Labute approximate surface area is 168 Å². The van der Waals surface area contributed by atoms with Crippen LogP contribution in [0.2, 0.25) is 0 Å². The van der Waals surface area contributed by atoms with Crippen molar-refractivity contribution in [1.82, 2.24) is 10.8 Å². The van der Waals surface area contributed by atoms with Crippen LogP contribution in [-0.4, -0.2) is 36.4 Å². The van der Waals surface area contributed by atoms with Gasteiger partial charge in [-0.2, -0.15) is 0 Å². The summed E-state index contributed by atoms with van der Waals surface area (Å²) in [5.74, 6) is 0.975. The summed E-state index contributed by atoms with van der Waals surface area (Å²) >= 11 is 4.94. The average molecular weight is 396 g/mol. The maximum absolute atomic E-state index is 12.5. The minimum atomic E-state index is -0.221. The van der Waals surface area contributed by atoms with Gasteiger partial charge in [0.25, 0.3) is 5.91 Å². The van der Waals surface area contributed by atoms with Crippen LogP contribution < -0.4 is 20.3 Å². The number of ether oxygens (including phenoxy) is 2. The van der Waals surface area contributed by atoms with Crippen LogP contribution >= 0.6 is 12.2 Å². The van der Waals surface area contributed by atoms with E-state index in [0.29, 0.717) is 35.8 Å². The predicted molar refractivity (Wildman–Crippen MR) is 111 cm³/mol. The second kappa shape index (κ2) is 9.16. The molecule has 0 atom stereocenters. The van der Waals surface area contributed by atoms with Crippen molar-refractivity contribution in [3.63, 3.8) is 0 Å². The van der Waals surface area contributed by atoms with Crippen molar-refractivity contribution >= 4 is 33.9 Å². The standard InChI is InChI=1S/C21H20N2O4S/c1-26-19-17-5-3-2-4-14(17)8-11-18(19)20(24)22-12-13-27-16-9-6-15(7-10-16)21(28)23-25/h2-11,25H,12-13H2,1H3,(H,22,24)(H,23,28). The summed E-state index contributed by atoms with van der Waals surface area (Å²) in [6, 6.07) is 18.4. The van der Waals surface area contributed by atoms with E-state index in [9.17, 15) is 4.79 Å². The van der Waals surface area contributed by atoms with Crippen molar-refractivity contribution in [2.45, 2.75) is 0 Å². The second-order valence-corrected chi connectivity index (χ2v) is 6.35. The number of carbonyl (C=O) groups excluding carboxylic acids is 1. The number of methoxy groups -OCH3 is 1. The largest absolute Gasteiger partial charge is 0.495 e. The van der Waals surface area contributed by atoms with Gasteiger partial charge in [-0.05, 0) is 35.7 Å². The Morgan fingerprint density at radius 2 is 1.82 bits per heavy atom. The van der Waals surface area contributed by atoms with Crippen LogP contribution in [0.25, 0.3) is 10.8 Å². The molecule has 7 heteroatoms. The minimum absolute atomic E-state index is 0.221. The van der Waals surface area contributed by atoms with E-state index < -0.39 is 0 Å². The lowest BCUT2D eigenvalue weighted by molar-refractivity contribution is 0.0944. The monoisotopic (exact) mass is 396 g/mol.